The van der Waals surface area contributed by atoms with E-state index >= 15 is 0 Å². The van der Waals surface area contributed by atoms with E-state index in [0.29, 0.717) is 11.1 Å². The van der Waals surface area contributed by atoms with Crippen LogP contribution in [-0.2, 0) is 0 Å². The topological polar surface area (TPSA) is 90.2 Å². The number of aromatic carboxylic acids is 1. The lowest BCUT2D eigenvalue weighted by molar-refractivity contribution is 0.0695. The standard InChI is InChI=1S/C16H14N2O4/c1-18(15(20)11-5-3-2-4-6-11)17-10-13-8-7-12(16(21)22)9-14(13)19/h2-10,19H,1H3,(H,21,22)/b17-10+. The van der Waals surface area contributed by atoms with Gasteiger partial charge in [-0.1, -0.05) is 18.2 Å². The van der Waals surface area contributed by atoms with E-state index in [-0.39, 0.29) is 17.2 Å². The van der Waals surface area contributed by atoms with Gasteiger partial charge in [-0.3, -0.25) is 4.79 Å². The molecule has 22 heavy (non-hydrogen) atoms. The molecule has 0 fully saturated rings. The van der Waals surface area contributed by atoms with E-state index in [1.165, 1.54) is 25.4 Å². The van der Waals surface area contributed by atoms with Crippen LogP contribution in [0.25, 0.3) is 0 Å². The van der Waals surface area contributed by atoms with Gasteiger partial charge in [0.15, 0.2) is 0 Å². The van der Waals surface area contributed by atoms with Gasteiger partial charge < -0.3 is 10.2 Å². The highest BCUT2D eigenvalue weighted by Crippen LogP contribution is 2.17. The van der Waals surface area contributed by atoms with Crippen LogP contribution in [0, 0.1) is 0 Å². The summed E-state index contributed by atoms with van der Waals surface area (Å²) in [6, 6.07) is 12.6. The number of nitrogens with zero attached hydrogens (tertiary/aromatic N) is 2. The average molecular weight is 298 g/mol. The Balaban J connectivity index is 2.14. The minimum Gasteiger partial charge on any atom is -0.507 e. The maximum Gasteiger partial charge on any atom is 0.335 e. The highest BCUT2D eigenvalue weighted by Gasteiger charge is 2.10. The average Bonchev–Trinajstić information content (AvgIpc) is 2.53. The van der Waals surface area contributed by atoms with Crippen LogP contribution in [0.1, 0.15) is 26.3 Å². The highest BCUT2D eigenvalue weighted by molar-refractivity contribution is 5.95. The van der Waals surface area contributed by atoms with Crippen molar-refractivity contribution in [3.63, 3.8) is 0 Å². The number of hydrogen-bond donors (Lipinski definition) is 2. The summed E-state index contributed by atoms with van der Waals surface area (Å²) >= 11 is 0. The first-order chi connectivity index (χ1) is 10.5. The Morgan fingerprint density at radius 3 is 2.36 bits per heavy atom. The molecule has 0 spiro atoms. The molecule has 1 amide bonds. The second-order valence-corrected chi connectivity index (χ2v) is 4.52. The van der Waals surface area contributed by atoms with Gasteiger partial charge in [0.25, 0.3) is 5.91 Å². The quantitative estimate of drug-likeness (QED) is 0.668. The zero-order valence-electron chi connectivity index (χ0n) is 11.8. The molecule has 0 bridgehead atoms. The largest absolute Gasteiger partial charge is 0.507 e. The van der Waals surface area contributed by atoms with Gasteiger partial charge in [0.05, 0.1) is 11.8 Å². The van der Waals surface area contributed by atoms with Crippen LogP contribution in [0.4, 0.5) is 0 Å². The first kappa shape index (κ1) is 15.2. The third kappa shape index (κ3) is 3.49. The summed E-state index contributed by atoms with van der Waals surface area (Å²) < 4.78 is 0. The fourth-order valence-corrected chi connectivity index (χ4v) is 1.75. The Bertz CT molecular complexity index is 726. The first-order valence-electron chi connectivity index (χ1n) is 6.42. The Morgan fingerprint density at radius 1 is 1.09 bits per heavy atom. The number of aromatic hydroxyl groups is 1. The molecule has 2 N–H and O–H groups in total. The number of amides is 1. The molecule has 0 saturated heterocycles. The molecule has 0 aliphatic rings. The number of hydrogen-bond acceptors (Lipinski definition) is 4. The number of carboxylic acids is 1. The summed E-state index contributed by atoms with van der Waals surface area (Å²) in [5, 5.41) is 23.7. The molecule has 0 aromatic heterocycles. The third-order valence-corrected chi connectivity index (χ3v) is 2.96. The molecule has 0 saturated carbocycles. The molecular weight excluding hydrogens is 284 g/mol. The Labute approximate surface area is 126 Å². The molecule has 0 radical (unpaired) electrons. The molecule has 6 heteroatoms. The summed E-state index contributed by atoms with van der Waals surface area (Å²) in [4.78, 5) is 22.8. The second-order valence-electron chi connectivity index (χ2n) is 4.52. The van der Waals surface area contributed by atoms with Crippen molar-refractivity contribution in [1.82, 2.24) is 5.01 Å². The number of carbonyl (C=O) groups excluding carboxylic acids is 1. The molecule has 0 heterocycles. The molecule has 0 unspecified atom stereocenters. The summed E-state index contributed by atoms with van der Waals surface area (Å²) in [5.41, 5.74) is 0.786. The van der Waals surface area contributed by atoms with Gasteiger partial charge >= 0.3 is 5.97 Å². The van der Waals surface area contributed by atoms with Crippen molar-refractivity contribution in [3.05, 3.63) is 65.2 Å². The number of carbonyl (C=O) groups is 2. The number of rotatable bonds is 4. The van der Waals surface area contributed by atoms with E-state index in [2.05, 4.69) is 5.10 Å². The van der Waals surface area contributed by atoms with Crippen molar-refractivity contribution < 1.29 is 19.8 Å². The van der Waals surface area contributed by atoms with Crippen LogP contribution in [0.2, 0.25) is 0 Å². The molecule has 2 aromatic carbocycles. The lowest BCUT2D eigenvalue weighted by atomic mass is 10.1. The number of hydrazone groups is 1. The van der Waals surface area contributed by atoms with Crippen molar-refractivity contribution >= 4 is 18.1 Å². The number of carboxylic acid groups (broad SMARTS) is 1. The minimum absolute atomic E-state index is 0.0247. The predicted octanol–water partition coefficient (Wildman–Crippen LogP) is 2.20. The number of benzene rings is 2. The SMILES string of the molecule is CN(/N=C/c1ccc(C(=O)O)cc1O)C(=O)c1ccccc1. The molecule has 2 rings (SSSR count). The lowest BCUT2D eigenvalue weighted by Gasteiger charge is -2.10. The van der Waals surface area contributed by atoms with E-state index in [1.54, 1.807) is 24.3 Å². The summed E-state index contributed by atoms with van der Waals surface area (Å²) in [6.45, 7) is 0. The first-order valence-corrected chi connectivity index (χ1v) is 6.42. The van der Waals surface area contributed by atoms with Crippen LogP contribution < -0.4 is 0 Å². The maximum atomic E-state index is 12.1. The number of phenols is 1. The normalized spacial score (nSPS) is 10.6. The number of phenolic OH excluding ortho intramolecular Hbond substituents is 1. The third-order valence-electron chi connectivity index (χ3n) is 2.96. The van der Waals surface area contributed by atoms with E-state index in [4.69, 9.17) is 5.11 Å². The van der Waals surface area contributed by atoms with E-state index in [1.807, 2.05) is 6.07 Å². The van der Waals surface area contributed by atoms with E-state index in [0.717, 1.165) is 11.1 Å². The Hall–Kier alpha value is -3.15. The Morgan fingerprint density at radius 2 is 1.77 bits per heavy atom. The van der Waals surface area contributed by atoms with Gasteiger partial charge in [-0.2, -0.15) is 5.10 Å². The summed E-state index contributed by atoms with van der Waals surface area (Å²) in [7, 11) is 1.49. The Kier molecular flexibility index (Phi) is 4.53. The predicted molar refractivity (Wildman–Crippen MR) is 81.2 cm³/mol. The van der Waals surface area contributed by atoms with Crippen molar-refractivity contribution in [2.75, 3.05) is 7.05 Å². The smallest absolute Gasteiger partial charge is 0.335 e. The van der Waals surface area contributed by atoms with Gasteiger partial charge in [-0.25, -0.2) is 9.80 Å². The fraction of sp³-hybridized carbons (Fsp3) is 0.0625. The monoisotopic (exact) mass is 298 g/mol. The fourth-order valence-electron chi connectivity index (χ4n) is 1.75. The van der Waals surface area contributed by atoms with Crippen molar-refractivity contribution in [2.24, 2.45) is 5.10 Å². The molecule has 0 aliphatic heterocycles. The zero-order valence-corrected chi connectivity index (χ0v) is 11.8. The van der Waals surface area contributed by atoms with Crippen LogP contribution in [0.15, 0.2) is 53.6 Å². The van der Waals surface area contributed by atoms with Gasteiger partial charge in [-0.15, -0.1) is 0 Å². The molecule has 0 aliphatic carbocycles. The second kappa shape index (κ2) is 6.53. The minimum atomic E-state index is -1.13. The van der Waals surface area contributed by atoms with Crippen LogP contribution in [0.3, 0.4) is 0 Å². The van der Waals surface area contributed by atoms with E-state index in [9.17, 15) is 14.7 Å². The lowest BCUT2D eigenvalue weighted by Crippen LogP contribution is -2.21. The van der Waals surface area contributed by atoms with Crippen LogP contribution in [0.5, 0.6) is 5.75 Å². The van der Waals surface area contributed by atoms with Crippen LogP contribution in [-0.4, -0.2) is 40.4 Å². The molecule has 2 aromatic rings. The molecule has 6 nitrogen and oxygen atoms in total. The van der Waals surface area contributed by atoms with Gasteiger partial charge in [-0.05, 0) is 30.3 Å². The summed E-state index contributed by atoms with van der Waals surface area (Å²) in [6.07, 6.45) is 1.29. The maximum absolute atomic E-state index is 12.1. The van der Waals surface area contributed by atoms with Crippen molar-refractivity contribution in [2.45, 2.75) is 0 Å². The molecule has 0 atom stereocenters. The highest BCUT2D eigenvalue weighted by atomic mass is 16.4. The van der Waals surface area contributed by atoms with Crippen molar-refractivity contribution in [3.8, 4) is 5.75 Å². The van der Waals surface area contributed by atoms with Gasteiger partial charge in [0.1, 0.15) is 5.75 Å². The van der Waals surface area contributed by atoms with Crippen LogP contribution >= 0.6 is 0 Å². The van der Waals surface area contributed by atoms with Crippen molar-refractivity contribution in [1.29, 1.82) is 0 Å². The van der Waals surface area contributed by atoms with Gasteiger partial charge in [0.2, 0.25) is 0 Å². The molecular formula is C16H14N2O4. The summed E-state index contributed by atoms with van der Waals surface area (Å²) in [5.74, 6) is -1.64. The van der Waals surface area contributed by atoms with E-state index < -0.39 is 5.97 Å². The zero-order chi connectivity index (χ0) is 16.1. The molecule has 112 valence electrons. The van der Waals surface area contributed by atoms with Gasteiger partial charge in [0, 0.05) is 18.2 Å².